The summed E-state index contributed by atoms with van der Waals surface area (Å²) in [7, 11) is 0. The third-order valence-corrected chi connectivity index (χ3v) is 3.49. The second-order valence-corrected chi connectivity index (χ2v) is 5.61. The van der Waals surface area contributed by atoms with Crippen LogP contribution in [-0.4, -0.2) is 11.2 Å². The zero-order valence-corrected chi connectivity index (χ0v) is 14.9. The van der Waals surface area contributed by atoms with Crippen LogP contribution in [0.1, 0.15) is 71.1 Å². The van der Waals surface area contributed by atoms with Gasteiger partial charge < -0.3 is 4.79 Å². The van der Waals surface area contributed by atoms with Crippen molar-refractivity contribution in [3.8, 4) is 0 Å². The topological polar surface area (TPSA) is 60.2 Å². The second-order valence-electron chi connectivity index (χ2n) is 5.61. The van der Waals surface area contributed by atoms with Crippen molar-refractivity contribution in [1.29, 1.82) is 0 Å². The quantitative estimate of drug-likeness (QED) is 0.123. The molecule has 0 amide bonds. The number of unbranched alkanes of at least 4 members (excludes halogenated alkanes) is 5. The number of hydrogen-bond acceptors (Lipinski definition) is 3. The Bertz CT molecular complexity index is 448. The van der Waals surface area contributed by atoms with Gasteiger partial charge in [-0.2, -0.15) is 0 Å². The number of allylic oxidation sites excluding steroid dienone is 7. The zero-order valence-electron chi connectivity index (χ0n) is 14.9. The molecule has 0 atom stereocenters. The maximum atomic E-state index is 10.7. The van der Waals surface area contributed by atoms with Crippen molar-refractivity contribution in [2.45, 2.75) is 71.1 Å². The van der Waals surface area contributed by atoms with E-state index in [1.54, 1.807) is 6.08 Å². The standard InChI is InChI=1S/C20H31NO3/c1-2-17-20(21(23)24)18-15-13-11-9-7-5-3-4-6-8-10-12-14-16-19-22/h3-4,7,9,13,15,17,19H,2,5-6,8,10-12,14,16,18H2,1H3/b4-3+,9-7+,15-13+,20-17-. The van der Waals surface area contributed by atoms with Crippen LogP contribution in [0.25, 0.3) is 0 Å². The molecule has 0 radical (unpaired) electrons. The average molecular weight is 333 g/mol. The number of nitro groups is 1. The summed E-state index contributed by atoms with van der Waals surface area (Å²) in [4.78, 5) is 20.6. The van der Waals surface area contributed by atoms with Crippen LogP contribution >= 0.6 is 0 Å². The van der Waals surface area contributed by atoms with E-state index in [1.807, 2.05) is 19.1 Å². The van der Waals surface area contributed by atoms with E-state index in [-0.39, 0.29) is 10.6 Å². The molecule has 0 rings (SSSR count). The lowest BCUT2D eigenvalue weighted by molar-refractivity contribution is -0.427. The number of carbonyl (C=O) groups is 1. The van der Waals surface area contributed by atoms with Crippen LogP contribution in [0, 0.1) is 10.1 Å². The van der Waals surface area contributed by atoms with Crippen LogP contribution in [0.5, 0.6) is 0 Å². The van der Waals surface area contributed by atoms with Gasteiger partial charge in [0, 0.05) is 6.42 Å². The summed E-state index contributed by atoms with van der Waals surface area (Å²) < 4.78 is 0. The largest absolute Gasteiger partial charge is 0.303 e. The molecular formula is C20H31NO3. The van der Waals surface area contributed by atoms with E-state index in [0.29, 0.717) is 19.3 Å². The lowest BCUT2D eigenvalue weighted by Crippen LogP contribution is -1.96. The fourth-order valence-electron chi connectivity index (χ4n) is 2.18. The van der Waals surface area contributed by atoms with Crippen molar-refractivity contribution in [3.05, 3.63) is 58.3 Å². The minimum Gasteiger partial charge on any atom is -0.303 e. The van der Waals surface area contributed by atoms with Gasteiger partial charge in [0.25, 0.3) is 0 Å². The molecule has 0 aliphatic carbocycles. The zero-order chi connectivity index (χ0) is 17.9. The molecule has 0 aliphatic heterocycles. The molecule has 0 N–H and O–H groups in total. The van der Waals surface area contributed by atoms with Gasteiger partial charge in [-0.3, -0.25) is 10.1 Å². The first-order valence-electron chi connectivity index (χ1n) is 8.94. The van der Waals surface area contributed by atoms with E-state index in [0.717, 1.165) is 38.4 Å². The molecule has 0 aromatic rings. The average Bonchev–Trinajstić information content (AvgIpc) is 2.57. The smallest absolute Gasteiger partial charge is 0.246 e. The summed E-state index contributed by atoms with van der Waals surface area (Å²) in [6.45, 7) is 1.90. The summed E-state index contributed by atoms with van der Waals surface area (Å²) in [5.74, 6) is 0. The normalized spacial score (nSPS) is 12.6. The summed E-state index contributed by atoms with van der Waals surface area (Å²) >= 11 is 0. The minimum atomic E-state index is -0.309. The molecule has 0 fully saturated rings. The van der Waals surface area contributed by atoms with Crippen LogP contribution in [0.15, 0.2) is 48.2 Å². The Kier molecular flexibility index (Phi) is 16.0. The lowest BCUT2D eigenvalue weighted by atomic mass is 10.1. The SMILES string of the molecule is CC/C=C(/C/C=C/C/C=C/C/C=C/CCCCCCC=O)[N+](=O)[O-]. The molecule has 0 saturated heterocycles. The first-order chi connectivity index (χ1) is 11.7. The molecule has 0 bridgehead atoms. The Morgan fingerprint density at radius 3 is 2.04 bits per heavy atom. The van der Waals surface area contributed by atoms with Crippen molar-refractivity contribution < 1.29 is 9.72 Å². The minimum absolute atomic E-state index is 0.270. The van der Waals surface area contributed by atoms with E-state index >= 15 is 0 Å². The van der Waals surface area contributed by atoms with Crippen LogP contribution in [0.3, 0.4) is 0 Å². The molecule has 0 aliphatic rings. The van der Waals surface area contributed by atoms with E-state index in [9.17, 15) is 14.9 Å². The van der Waals surface area contributed by atoms with Crippen molar-refractivity contribution in [2.75, 3.05) is 0 Å². The third-order valence-electron chi connectivity index (χ3n) is 3.49. The highest BCUT2D eigenvalue weighted by molar-refractivity contribution is 5.48. The van der Waals surface area contributed by atoms with E-state index in [2.05, 4.69) is 24.3 Å². The van der Waals surface area contributed by atoms with Gasteiger partial charge in [0.05, 0.1) is 11.3 Å². The molecule has 0 aromatic carbocycles. The number of carbonyl (C=O) groups excluding carboxylic acids is 1. The molecule has 0 heterocycles. The van der Waals surface area contributed by atoms with Gasteiger partial charge in [-0.1, -0.05) is 56.2 Å². The Balaban J connectivity index is 3.63. The molecular weight excluding hydrogens is 302 g/mol. The van der Waals surface area contributed by atoms with Crippen molar-refractivity contribution in [3.63, 3.8) is 0 Å². The van der Waals surface area contributed by atoms with Crippen LogP contribution in [-0.2, 0) is 4.79 Å². The van der Waals surface area contributed by atoms with E-state index in [4.69, 9.17) is 0 Å². The fraction of sp³-hybridized carbons (Fsp3) is 0.550. The van der Waals surface area contributed by atoms with Gasteiger partial charge in [0.15, 0.2) is 0 Å². The highest BCUT2D eigenvalue weighted by Crippen LogP contribution is 2.06. The Hall–Kier alpha value is -1.97. The fourth-order valence-corrected chi connectivity index (χ4v) is 2.18. The third kappa shape index (κ3) is 14.9. The van der Waals surface area contributed by atoms with Gasteiger partial charge in [-0.15, -0.1) is 0 Å². The summed E-state index contributed by atoms with van der Waals surface area (Å²) in [5, 5.41) is 10.7. The Morgan fingerprint density at radius 2 is 1.46 bits per heavy atom. The van der Waals surface area contributed by atoms with Gasteiger partial charge in [0.1, 0.15) is 6.29 Å². The predicted molar refractivity (Wildman–Crippen MR) is 100 cm³/mol. The second kappa shape index (κ2) is 17.4. The molecule has 0 spiro atoms. The number of rotatable bonds is 15. The molecule has 4 heteroatoms. The Labute approximate surface area is 146 Å². The highest BCUT2D eigenvalue weighted by Gasteiger charge is 2.05. The van der Waals surface area contributed by atoms with Crippen molar-refractivity contribution >= 4 is 6.29 Å². The highest BCUT2D eigenvalue weighted by atomic mass is 16.6. The summed E-state index contributed by atoms with van der Waals surface area (Å²) in [5.41, 5.74) is 0.270. The van der Waals surface area contributed by atoms with Gasteiger partial charge >= 0.3 is 0 Å². The summed E-state index contributed by atoms with van der Waals surface area (Å²) in [6, 6.07) is 0. The van der Waals surface area contributed by atoms with Crippen molar-refractivity contribution in [1.82, 2.24) is 0 Å². The maximum absolute atomic E-state index is 10.7. The Morgan fingerprint density at radius 1 is 0.875 bits per heavy atom. The first kappa shape index (κ1) is 22.0. The number of aldehydes is 1. The number of nitrogens with zero attached hydrogens (tertiary/aromatic N) is 1. The van der Waals surface area contributed by atoms with Gasteiger partial charge in [0.2, 0.25) is 5.70 Å². The van der Waals surface area contributed by atoms with E-state index in [1.165, 1.54) is 12.8 Å². The molecule has 4 nitrogen and oxygen atoms in total. The summed E-state index contributed by atoms with van der Waals surface area (Å²) in [6.07, 6.45) is 24.2. The predicted octanol–water partition coefficient (Wildman–Crippen LogP) is 5.94. The molecule has 0 aromatic heterocycles. The van der Waals surface area contributed by atoms with E-state index < -0.39 is 0 Å². The lowest BCUT2D eigenvalue weighted by Gasteiger charge is -1.95. The molecule has 134 valence electrons. The monoisotopic (exact) mass is 333 g/mol. The first-order valence-corrected chi connectivity index (χ1v) is 8.94. The molecule has 0 unspecified atom stereocenters. The number of hydrogen-bond donors (Lipinski definition) is 0. The van der Waals surface area contributed by atoms with Crippen molar-refractivity contribution in [2.24, 2.45) is 0 Å². The maximum Gasteiger partial charge on any atom is 0.246 e. The van der Waals surface area contributed by atoms with Crippen LogP contribution in [0.4, 0.5) is 0 Å². The molecule has 0 saturated carbocycles. The molecule has 24 heavy (non-hydrogen) atoms. The van der Waals surface area contributed by atoms with Crippen LogP contribution < -0.4 is 0 Å². The van der Waals surface area contributed by atoms with Crippen LogP contribution in [0.2, 0.25) is 0 Å². The van der Waals surface area contributed by atoms with Gasteiger partial charge in [-0.25, -0.2) is 0 Å². The van der Waals surface area contributed by atoms with Gasteiger partial charge in [-0.05, 0) is 44.6 Å².